The zero-order valence-corrected chi connectivity index (χ0v) is 20.0. The third kappa shape index (κ3) is 2.97. The van der Waals surface area contributed by atoms with E-state index < -0.39 is 0 Å². The Hall–Kier alpha value is -3.40. The van der Waals surface area contributed by atoms with Crippen LogP contribution in [0.4, 0.5) is 11.4 Å². The minimum atomic E-state index is 1.14. The van der Waals surface area contributed by atoms with Crippen LogP contribution in [0.1, 0.15) is 11.1 Å². The number of aryl methyl sites for hydroxylation is 2. The van der Waals surface area contributed by atoms with E-state index >= 15 is 0 Å². The summed E-state index contributed by atoms with van der Waals surface area (Å²) in [6.07, 6.45) is 0. The molecule has 0 bridgehead atoms. The van der Waals surface area contributed by atoms with Gasteiger partial charge in [-0.1, -0.05) is 54.1 Å². The predicted molar refractivity (Wildman–Crippen MR) is 149 cm³/mol. The average Bonchev–Trinajstić information content (AvgIpc) is 3.36. The van der Waals surface area contributed by atoms with Gasteiger partial charge in [-0.15, -0.1) is 22.7 Å². The number of thiophene rings is 2. The molecule has 7 aromatic rings. The summed E-state index contributed by atoms with van der Waals surface area (Å²) in [5.74, 6) is 0. The Balaban J connectivity index is 1.41. The molecule has 2 heterocycles. The lowest BCUT2D eigenvalue weighted by atomic mass is 10.0. The molecule has 0 amide bonds. The number of anilines is 2. The van der Waals surface area contributed by atoms with E-state index in [2.05, 4.69) is 104 Å². The van der Waals surface area contributed by atoms with Crippen molar-refractivity contribution >= 4 is 85.2 Å². The van der Waals surface area contributed by atoms with Crippen LogP contribution in [0, 0.1) is 13.8 Å². The lowest BCUT2D eigenvalue weighted by Crippen LogP contribution is -1.93. The molecular formula is C30H21NS2. The topological polar surface area (TPSA) is 12.0 Å². The average molecular weight is 460 g/mol. The highest BCUT2D eigenvalue weighted by Gasteiger charge is 2.13. The van der Waals surface area contributed by atoms with Crippen LogP contribution in [0.2, 0.25) is 0 Å². The molecule has 7 rings (SSSR count). The number of benzene rings is 5. The zero-order chi connectivity index (χ0) is 22.1. The maximum Gasteiger partial charge on any atom is 0.0414 e. The molecule has 0 aliphatic heterocycles. The number of hydrogen-bond donors (Lipinski definition) is 1. The summed E-state index contributed by atoms with van der Waals surface area (Å²) >= 11 is 3.79. The van der Waals surface area contributed by atoms with Crippen LogP contribution >= 0.6 is 22.7 Å². The van der Waals surface area contributed by atoms with E-state index in [0.717, 1.165) is 5.69 Å². The van der Waals surface area contributed by atoms with Crippen molar-refractivity contribution in [1.82, 2.24) is 0 Å². The molecule has 1 nitrogen and oxygen atoms in total. The summed E-state index contributed by atoms with van der Waals surface area (Å²) in [4.78, 5) is 0. The van der Waals surface area contributed by atoms with Crippen LogP contribution in [0.15, 0.2) is 84.9 Å². The van der Waals surface area contributed by atoms with E-state index in [9.17, 15) is 0 Å². The highest BCUT2D eigenvalue weighted by atomic mass is 32.1. The lowest BCUT2D eigenvalue weighted by Gasteiger charge is -2.10. The molecule has 1 N–H and O–H groups in total. The maximum atomic E-state index is 3.62. The summed E-state index contributed by atoms with van der Waals surface area (Å²) in [6, 6.07) is 31.4. The van der Waals surface area contributed by atoms with Crippen molar-refractivity contribution < 1.29 is 0 Å². The molecule has 158 valence electrons. The van der Waals surface area contributed by atoms with Gasteiger partial charge < -0.3 is 5.32 Å². The van der Waals surface area contributed by atoms with E-state index in [-0.39, 0.29) is 0 Å². The smallest absolute Gasteiger partial charge is 0.0414 e. The third-order valence-corrected chi connectivity index (χ3v) is 8.85. The number of nitrogens with one attached hydrogen (secondary N) is 1. The zero-order valence-electron chi connectivity index (χ0n) is 18.4. The molecule has 0 saturated heterocycles. The molecule has 0 radical (unpaired) electrons. The van der Waals surface area contributed by atoms with Crippen molar-refractivity contribution in [3.63, 3.8) is 0 Å². The number of hydrogen-bond acceptors (Lipinski definition) is 3. The summed E-state index contributed by atoms with van der Waals surface area (Å²) in [7, 11) is 0. The standard InChI is InChI=1S/C30H21NS2/c1-17-7-11-25(18(2)13-17)31-20-9-10-22-23-15-29-24(16-28(23)33-27(22)14-20)30-21-6-4-3-5-19(21)8-12-26(30)32-29/h3-16,31H,1-2H3. The molecule has 0 saturated carbocycles. The van der Waals surface area contributed by atoms with E-state index in [4.69, 9.17) is 0 Å². The molecule has 2 aromatic heterocycles. The second kappa shape index (κ2) is 7.05. The van der Waals surface area contributed by atoms with Gasteiger partial charge >= 0.3 is 0 Å². The minimum absolute atomic E-state index is 1.14. The van der Waals surface area contributed by atoms with Crippen molar-refractivity contribution in [1.29, 1.82) is 0 Å². The van der Waals surface area contributed by atoms with Gasteiger partial charge in [0.1, 0.15) is 0 Å². The molecule has 0 unspecified atom stereocenters. The number of rotatable bonds is 2. The predicted octanol–water partition coefficient (Wildman–Crippen LogP) is 9.94. The van der Waals surface area contributed by atoms with Crippen molar-refractivity contribution in [2.75, 3.05) is 5.32 Å². The number of fused-ring (bicyclic) bond motifs is 8. The van der Waals surface area contributed by atoms with Gasteiger partial charge in [0, 0.05) is 51.7 Å². The molecule has 5 aromatic carbocycles. The minimum Gasteiger partial charge on any atom is -0.355 e. The van der Waals surface area contributed by atoms with Crippen molar-refractivity contribution in [3.05, 3.63) is 96.1 Å². The highest BCUT2D eigenvalue weighted by molar-refractivity contribution is 7.27. The van der Waals surface area contributed by atoms with Gasteiger partial charge in [-0.25, -0.2) is 0 Å². The monoisotopic (exact) mass is 459 g/mol. The fraction of sp³-hybridized carbons (Fsp3) is 0.0667. The summed E-state index contributed by atoms with van der Waals surface area (Å²) < 4.78 is 5.41. The van der Waals surface area contributed by atoms with Crippen LogP contribution in [0.3, 0.4) is 0 Å². The molecule has 0 spiro atoms. The van der Waals surface area contributed by atoms with Gasteiger partial charge in [0.15, 0.2) is 0 Å². The Morgan fingerprint density at radius 1 is 0.576 bits per heavy atom. The van der Waals surface area contributed by atoms with Crippen LogP contribution in [0.5, 0.6) is 0 Å². The molecular weight excluding hydrogens is 438 g/mol. The Morgan fingerprint density at radius 2 is 1.36 bits per heavy atom. The molecule has 0 atom stereocenters. The molecule has 3 heteroatoms. The van der Waals surface area contributed by atoms with E-state index in [1.807, 2.05) is 22.7 Å². The van der Waals surface area contributed by atoms with Crippen molar-refractivity contribution in [2.45, 2.75) is 13.8 Å². The Labute approximate surface area is 199 Å². The lowest BCUT2D eigenvalue weighted by molar-refractivity contribution is 1.37. The summed E-state index contributed by atoms with van der Waals surface area (Å²) in [6.45, 7) is 4.30. The first kappa shape index (κ1) is 19.1. The van der Waals surface area contributed by atoms with Crippen LogP contribution in [-0.2, 0) is 0 Å². The van der Waals surface area contributed by atoms with Crippen LogP contribution in [0.25, 0.3) is 51.1 Å². The SMILES string of the molecule is Cc1ccc(Nc2ccc3c(c2)sc2cc4c(cc23)sc2ccc3ccccc3c24)c(C)c1. The molecule has 0 aliphatic rings. The normalized spacial score (nSPS) is 11.9. The molecule has 0 aliphatic carbocycles. The van der Waals surface area contributed by atoms with Crippen LogP contribution in [-0.4, -0.2) is 0 Å². The largest absolute Gasteiger partial charge is 0.355 e. The molecule has 0 fully saturated rings. The second-order valence-corrected chi connectivity index (χ2v) is 11.0. The van der Waals surface area contributed by atoms with Gasteiger partial charge in [-0.05, 0) is 66.6 Å². The van der Waals surface area contributed by atoms with Gasteiger partial charge in [0.2, 0.25) is 0 Å². The third-order valence-electron chi connectivity index (χ3n) is 6.61. The Bertz CT molecular complexity index is 1870. The molecule has 33 heavy (non-hydrogen) atoms. The second-order valence-electron chi connectivity index (χ2n) is 8.86. The Kier molecular flexibility index (Phi) is 4.08. The Morgan fingerprint density at radius 3 is 2.27 bits per heavy atom. The summed E-state index contributed by atoms with van der Waals surface area (Å²) in [5, 5.41) is 11.7. The van der Waals surface area contributed by atoms with Gasteiger partial charge in [0.05, 0.1) is 0 Å². The first-order valence-electron chi connectivity index (χ1n) is 11.2. The van der Waals surface area contributed by atoms with Gasteiger partial charge in [-0.2, -0.15) is 0 Å². The first-order chi connectivity index (χ1) is 16.1. The van der Waals surface area contributed by atoms with Crippen molar-refractivity contribution in [2.24, 2.45) is 0 Å². The quantitative estimate of drug-likeness (QED) is 0.271. The van der Waals surface area contributed by atoms with Gasteiger partial charge in [0.25, 0.3) is 0 Å². The van der Waals surface area contributed by atoms with Crippen LogP contribution < -0.4 is 5.32 Å². The van der Waals surface area contributed by atoms with E-state index in [1.165, 1.54) is 67.9 Å². The fourth-order valence-electron chi connectivity index (χ4n) is 5.00. The van der Waals surface area contributed by atoms with Crippen molar-refractivity contribution in [3.8, 4) is 0 Å². The maximum absolute atomic E-state index is 3.62. The fourth-order valence-corrected chi connectivity index (χ4v) is 7.31. The van der Waals surface area contributed by atoms with E-state index in [1.54, 1.807) is 0 Å². The highest BCUT2D eigenvalue weighted by Crippen LogP contribution is 2.44. The summed E-state index contributed by atoms with van der Waals surface area (Å²) in [5.41, 5.74) is 4.86. The van der Waals surface area contributed by atoms with Gasteiger partial charge in [-0.3, -0.25) is 0 Å². The first-order valence-corrected chi connectivity index (χ1v) is 12.8. The van der Waals surface area contributed by atoms with E-state index in [0.29, 0.717) is 0 Å².